The van der Waals surface area contributed by atoms with Gasteiger partial charge >= 0.3 is 5.97 Å². The molecule has 0 aliphatic carbocycles. The number of nitrogens with zero attached hydrogens (tertiary/aromatic N) is 4. The first-order valence-corrected chi connectivity index (χ1v) is 5.55. The third-order valence-electron chi connectivity index (χ3n) is 3.11. The van der Waals surface area contributed by atoms with E-state index in [0.29, 0.717) is 12.2 Å². The molecule has 17 heavy (non-hydrogen) atoms. The highest BCUT2D eigenvalue weighted by atomic mass is 16.4. The average Bonchev–Trinajstić information content (AvgIpc) is 2.97. The normalized spacial score (nSPS) is 20.0. The summed E-state index contributed by atoms with van der Waals surface area (Å²) in [6, 6.07) is 1.38. The lowest BCUT2D eigenvalue weighted by molar-refractivity contribution is -0.138. The van der Waals surface area contributed by atoms with Gasteiger partial charge in [-0.3, -0.25) is 0 Å². The van der Waals surface area contributed by atoms with E-state index >= 15 is 0 Å². The Morgan fingerprint density at radius 1 is 1.47 bits per heavy atom. The van der Waals surface area contributed by atoms with Gasteiger partial charge in [0.1, 0.15) is 11.6 Å². The Bertz CT molecular complexity index is 565. The molecule has 1 atom stereocenters. The van der Waals surface area contributed by atoms with Crippen molar-refractivity contribution in [2.75, 3.05) is 11.4 Å². The standard InChI is InChI=1S/C11H12N4O2/c16-11(17)9-2-1-6-14(9)10-8-3-4-13-15(8)7-5-12-10/h3-5,7,9H,1-2,6H2,(H,16,17). The van der Waals surface area contributed by atoms with E-state index in [9.17, 15) is 9.90 Å². The van der Waals surface area contributed by atoms with Gasteiger partial charge in [-0.05, 0) is 18.9 Å². The molecule has 1 fully saturated rings. The molecular weight excluding hydrogens is 220 g/mol. The van der Waals surface area contributed by atoms with Gasteiger partial charge in [-0.25, -0.2) is 14.3 Å². The van der Waals surface area contributed by atoms with E-state index in [4.69, 9.17) is 0 Å². The molecule has 0 amide bonds. The topological polar surface area (TPSA) is 70.7 Å². The summed E-state index contributed by atoms with van der Waals surface area (Å²) in [4.78, 5) is 17.3. The molecule has 0 radical (unpaired) electrons. The maximum Gasteiger partial charge on any atom is 0.326 e. The quantitative estimate of drug-likeness (QED) is 0.828. The molecule has 1 aliphatic rings. The summed E-state index contributed by atoms with van der Waals surface area (Å²) in [5, 5.41) is 13.3. The fourth-order valence-corrected chi connectivity index (χ4v) is 2.34. The van der Waals surface area contributed by atoms with Crippen molar-refractivity contribution in [3.05, 3.63) is 24.7 Å². The second-order valence-corrected chi connectivity index (χ2v) is 4.10. The third-order valence-corrected chi connectivity index (χ3v) is 3.11. The summed E-state index contributed by atoms with van der Waals surface area (Å²) in [6.07, 6.45) is 6.64. The van der Waals surface area contributed by atoms with Gasteiger partial charge in [-0.2, -0.15) is 5.10 Å². The number of aliphatic carboxylic acids is 1. The zero-order valence-corrected chi connectivity index (χ0v) is 9.15. The van der Waals surface area contributed by atoms with Gasteiger partial charge in [0.2, 0.25) is 0 Å². The Balaban J connectivity index is 2.08. The molecule has 1 saturated heterocycles. The summed E-state index contributed by atoms with van der Waals surface area (Å²) in [7, 11) is 0. The number of carboxylic acids is 1. The van der Waals surface area contributed by atoms with Crippen LogP contribution in [0.25, 0.3) is 5.52 Å². The zero-order valence-electron chi connectivity index (χ0n) is 9.15. The van der Waals surface area contributed by atoms with Crippen LogP contribution in [0.2, 0.25) is 0 Å². The number of rotatable bonds is 2. The van der Waals surface area contributed by atoms with Crippen LogP contribution >= 0.6 is 0 Å². The number of hydrogen-bond acceptors (Lipinski definition) is 4. The monoisotopic (exact) mass is 232 g/mol. The summed E-state index contributed by atoms with van der Waals surface area (Å²) < 4.78 is 1.71. The van der Waals surface area contributed by atoms with Crippen molar-refractivity contribution in [3.63, 3.8) is 0 Å². The van der Waals surface area contributed by atoms with E-state index in [1.807, 2.05) is 11.0 Å². The van der Waals surface area contributed by atoms with Crippen LogP contribution in [0.3, 0.4) is 0 Å². The zero-order chi connectivity index (χ0) is 11.8. The number of carbonyl (C=O) groups is 1. The van der Waals surface area contributed by atoms with Gasteiger partial charge in [0.25, 0.3) is 0 Å². The predicted molar refractivity (Wildman–Crippen MR) is 61.0 cm³/mol. The number of fused-ring (bicyclic) bond motifs is 1. The summed E-state index contributed by atoms with van der Waals surface area (Å²) >= 11 is 0. The molecule has 88 valence electrons. The van der Waals surface area contributed by atoms with Crippen LogP contribution in [0.4, 0.5) is 5.82 Å². The van der Waals surface area contributed by atoms with Gasteiger partial charge in [-0.15, -0.1) is 0 Å². The first-order chi connectivity index (χ1) is 8.27. The fourth-order valence-electron chi connectivity index (χ4n) is 2.34. The van der Waals surface area contributed by atoms with Gasteiger partial charge < -0.3 is 10.0 Å². The Labute approximate surface area is 97.5 Å². The second kappa shape index (κ2) is 3.73. The minimum atomic E-state index is -0.786. The molecule has 3 heterocycles. The lowest BCUT2D eigenvalue weighted by Gasteiger charge is -2.22. The number of hydrogen-bond donors (Lipinski definition) is 1. The molecular formula is C11H12N4O2. The van der Waals surface area contributed by atoms with Crippen LogP contribution in [0, 0.1) is 0 Å². The lowest BCUT2D eigenvalue weighted by Crippen LogP contribution is -2.36. The maximum atomic E-state index is 11.2. The summed E-state index contributed by atoms with van der Waals surface area (Å²) in [5.74, 6) is -0.0827. The highest BCUT2D eigenvalue weighted by Crippen LogP contribution is 2.27. The first kappa shape index (κ1) is 10.1. The Morgan fingerprint density at radius 2 is 2.35 bits per heavy atom. The smallest absolute Gasteiger partial charge is 0.326 e. The predicted octanol–water partition coefficient (Wildman–Crippen LogP) is 0.783. The van der Waals surface area contributed by atoms with Crippen LogP contribution in [-0.4, -0.2) is 38.3 Å². The molecule has 0 bridgehead atoms. The Hall–Kier alpha value is -2.11. The van der Waals surface area contributed by atoms with Gasteiger partial charge in [0.05, 0.1) is 6.20 Å². The highest BCUT2D eigenvalue weighted by Gasteiger charge is 2.32. The molecule has 0 spiro atoms. The molecule has 1 N–H and O–H groups in total. The van der Waals surface area contributed by atoms with Crippen molar-refractivity contribution in [1.82, 2.24) is 14.6 Å². The summed E-state index contributed by atoms with van der Waals surface area (Å²) in [5.41, 5.74) is 0.848. The minimum Gasteiger partial charge on any atom is -0.480 e. The van der Waals surface area contributed by atoms with Gasteiger partial charge in [-0.1, -0.05) is 0 Å². The van der Waals surface area contributed by atoms with Crippen LogP contribution in [0.1, 0.15) is 12.8 Å². The highest BCUT2D eigenvalue weighted by molar-refractivity contribution is 5.81. The number of carboxylic acid groups (broad SMARTS) is 1. The van der Waals surface area contributed by atoms with Gasteiger partial charge in [0, 0.05) is 18.9 Å². The second-order valence-electron chi connectivity index (χ2n) is 4.10. The third kappa shape index (κ3) is 1.52. The van der Waals surface area contributed by atoms with Gasteiger partial charge in [0.15, 0.2) is 5.82 Å². The van der Waals surface area contributed by atoms with E-state index in [-0.39, 0.29) is 0 Å². The lowest BCUT2D eigenvalue weighted by atomic mass is 10.2. The molecule has 6 nitrogen and oxygen atoms in total. The largest absolute Gasteiger partial charge is 0.480 e. The molecule has 3 rings (SSSR count). The van der Waals surface area contributed by atoms with Crippen molar-refractivity contribution in [2.45, 2.75) is 18.9 Å². The van der Waals surface area contributed by atoms with E-state index in [0.717, 1.165) is 18.5 Å². The maximum absolute atomic E-state index is 11.2. The average molecular weight is 232 g/mol. The van der Waals surface area contributed by atoms with E-state index < -0.39 is 12.0 Å². The van der Waals surface area contributed by atoms with Crippen molar-refractivity contribution >= 4 is 17.3 Å². The molecule has 0 saturated carbocycles. The van der Waals surface area contributed by atoms with Crippen LogP contribution in [0.5, 0.6) is 0 Å². The molecule has 1 unspecified atom stereocenters. The van der Waals surface area contributed by atoms with E-state index in [1.165, 1.54) is 0 Å². The number of anilines is 1. The Kier molecular flexibility index (Phi) is 2.21. The Morgan fingerprint density at radius 3 is 3.18 bits per heavy atom. The van der Waals surface area contributed by atoms with Crippen LogP contribution in [-0.2, 0) is 4.79 Å². The van der Waals surface area contributed by atoms with Crippen LogP contribution in [0.15, 0.2) is 24.7 Å². The molecule has 2 aromatic rings. The molecule has 0 aromatic carbocycles. The minimum absolute atomic E-state index is 0.469. The van der Waals surface area contributed by atoms with Crippen molar-refractivity contribution < 1.29 is 9.90 Å². The van der Waals surface area contributed by atoms with Crippen LogP contribution < -0.4 is 4.90 Å². The number of aromatic nitrogens is 3. The molecule has 2 aromatic heterocycles. The first-order valence-electron chi connectivity index (χ1n) is 5.55. The molecule has 6 heteroatoms. The van der Waals surface area contributed by atoms with E-state index in [2.05, 4.69) is 10.1 Å². The SMILES string of the molecule is O=C(O)C1CCCN1c1nccn2nccc12. The van der Waals surface area contributed by atoms with Crippen molar-refractivity contribution in [1.29, 1.82) is 0 Å². The van der Waals surface area contributed by atoms with Crippen molar-refractivity contribution in [3.8, 4) is 0 Å². The molecule has 1 aliphatic heterocycles. The summed E-state index contributed by atoms with van der Waals surface area (Å²) in [6.45, 7) is 0.731. The fraction of sp³-hybridized carbons (Fsp3) is 0.364. The van der Waals surface area contributed by atoms with E-state index in [1.54, 1.807) is 23.1 Å². The van der Waals surface area contributed by atoms with Crippen molar-refractivity contribution in [2.24, 2.45) is 0 Å².